The number of nitrogens with one attached hydrogen (secondary N) is 1. The average Bonchev–Trinajstić information content (AvgIpc) is 2.84. The molecule has 0 radical (unpaired) electrons. The van der Waals surface area contributed by atoms with Crippen LogP contribution in [0.4, 0.5) is 0 Å². The summed E-state index contributed by atoms with van der Waals surface area (Å²) in [7, 11) is 0. The highest BCUT2D eigenvalue weighted by molar-refractivity contribution is 6.00. The number of carbonyl (C=O) groups excluding carboxylic acids is 3. The van der Waals surface area contributed by atoms with E-state index in [-0.39, 0.29) is 19.8 Å². The van der Waals surface area contributed by atoms with Crippen molar-refractivity contribution in [3.05, 3.63) is 88.5 Å². The first-order chi connectivity index (χ1) is 16.9. The molecule has 0 spiro atoms. The summed E-state index contributed by atoms with van der Waals surface area (Å²) in [6, 6.07) is 12.4. The lowest BCUT2D eigenvalue weighted by Gasteiger charge is -2.30. The standard InChI is InChI=1S/C27H30N2O6/c1-5-33-26(31)22-18(3)28-19(4)23(27(32)34-6-2)24(22)20-10-12-21(13-11-20)25(30)35-17-16-29-14-8-7-9-15-29/h7-15,24H,5-6,16-17H2,1-4H3/p+1. The van der Waals surface area contributed by atoms with Crippen LogP contribution in [0.5, 0.6) is 0 Å². The molecule has 8 heteroatoms. The number of aromatic nitrogens is 1. The zero-order valence-corrected chi connectivity index (χ0v) is 20.5. The minimum absolute atomic E-state index is 0.200. The highest BCUT2D eigenvalue weighted by Gasteiger charge is 2.37. The number of dihydropyridines is 1. The highest BCUT2D eigenvalue weighted by Crippen LogP contribution is 2.39. The fourth-order valence-electron chi connectivity index (χ4n) is 4.01. The van der Waals surface area contributed by atoms with Crippen LogP contribution in [0.3, 0.4) is 0 Å². The number of hydrogen-bond donors (Lipinski definition) is 1. The summed E-state index contributed by atoms with van der Waals surface area (Å²) in [5, 5.41) is 3.11. The number of benzene rings is 1. The van der Waals surface area contributed by atoms with Crippen molar-refractivity contribution >= 4 is 17.9 Å². The first-order valence-electron chi connectivity index (χ1n) is 11.6. The largest absolute Gasteiger partial charge is 0.463 e. The summed E-state index contributed by atoms with van der Waals surface area (Å²) in [6.07, 6.45) is 3.80. The lowest BCUT2D eigenvalue weighted by molar-refractivity contribution is -0.697. The van der Waals surface area contributed by atoms with Gasteiger partial charge in [-0.15, -0.1) is 0 Å². The lowest BCUT2D eigenvalue weighted by atomic mass is 9.80. The number of allylic oxidation sites excluding steroid dienone is 2. The van der Waals surface area contributed by atoms with Crippen molar-refractivity contribution in [2.45, 2.75) is 40.2 Å². The molecule has 0 saturated carbocycles. The molecule has 1 aliphatic heterocycles. The molecule has 0 bridgehead atoms. The van der Waals surface area contributed by atoms with E-state index in [0.717, 1.165) is 0 Å². The Hall–Kier alpha value is -3.94. The van der Waals surface area contributed by atoms with Gasteiger partial charge in [-0.3, -0.25) is 0 Å². The molecular formula is C27H31N2O6+. The molecule has 1 N–H and O–H groups in total. The number of nitrogens with zero attached hydrogens (tertiary/aromatic N) is 1. The van der Waals surface area contributed by atoms with E-state index >= 15 is 0 Å². The first-order valence-corrected chi connectivity index (χ1v) is 11.6. The monoisotopic (exact) mass is 479 g/mol. The van der Waals surface area contributed by atoms with Crippen LogP contribution in [-0.4, -0.2) is 37.7 Å². The summed E-state index contributed by atoms with van der Waals surface area (Å²) in [5.74, 6) is -2.18. The minimum Gasteiger partial charge on any atom is -0.463 e. The number of rotatable bonds is 9. The van der Waals surface area contributed by atoms with Crippen molar-refractivity contribution in [2.75, 3.05) is 19.8 Å². The molecule has 35 heavy (non-hydrogen) atoms. The van der Waals surface area contributed by atoms with Gasteiger partial charge in [0.15, 0.2) is 25.5 Å². The second-order valence-electron chi connectivity index (χ2n) is 7.95. The molecule has 2 aromatic rings. The molecule has 0 fully saturated rings. The van der Waals surface area contributed by atoms with Gasteiger partial charge in [0.05, 0.1) is 35.8 Å². The van der Waals surface area contributed by atoms with E-state index in [1.54, 1.807) is 52.0 Å². The molecule has 2 heterocycles. The Kier molecular flexibility index (Phi) is 8.78. The summed E-state index contributed by atoms with van der Waals surface area (Å²) >= 11 is 0. The Morgan fingerprint density at radius 3 is 1.86 bits per heavy atom. The Balaban J connectivity index is 1.85. The van der Waals surface area contributed by atoms with E-state index in [1.807, 2.05) is 35.2 Å². The van der Waals surface area contributed by atoms with Crippen LogP contribution in [-0.2, 0) is 30.3 Å². The van der Waals surface area contributed by atoms with Gasteiger partial charge in [-0.05, 0) is 45.4 Å². The molecular weight excluding hydrogens is 448 g/mol. The molecule has 8 nitrogen and oxygen atoms in total. The maximum Gasteiger partial charge on any atom is 0.338 e. The number of esters is 3. The topological polar surface area (TPSA) is 94.8 Å². The van der Waals surface area contributed by atoms with Crippen molar-refractivity contribution in [3.8, 4) is 0 Å². The Labute approximate surface area is 205 Å². The molecule has 1 aromatic heterocycles. The van der Waals surface area contributed by atoms with Gasteiger partial charge in [-0.2, -0.15) is 0 Å². The molecule has 0 amide bonds. The number of carbonyl (C=O) groups is 3. The fourth-order valence-corrected chi connectivity index (χ4v) is 4.01. The average molecular weight is 480 g/mol. The van der Waals surface area contributed by atoms with Crippen LogP contribution in [0, 0.1) is 0 Å². The summed E-state index contributed by atoms with van der Waals surface area (Å²) in [5.41, 5.74) is 2.89. The van der Waals surface area contributed by atoms with E-state index in [1.165, 1.54) is 0 Å². The van der Waals surface area contributed by atoms with Crippen LogP contribution in [0.15, 0.2) is 77.4 Å². The minimum atomic E-state index is -0.700. The van der Waals surface area contributed by atoms with Crippen molar-refractivity contribution < 1.29 is 33.2 Å². The number of ether oxygens (including phenoxy) is 3. The summed E-state index contributed by atoms with van der Waals surface area (Å²) < 4.78 is 17.9. The predicted molar refractivity (Wildman–Crippen MR) is 128 cm³/mol. The van der Waals surface area contributed by atoms with Crippen molar-refractivity contribution in [2.24, 2.45) is 0 Å². The Bertz CT molecular complexity index is 1100. The van der Waals surface area contributed by atoms with Gasteiger partial charge in [0.25, 0.3) is 0 Å². The van der Waals surface area contributed by atoms with Crippen molar-refractivity contribution in [1.82, 2.24) is 5.32 Å². The van der Waals surface area contributed by atoms with E-state index in [4.69, 9.17) is 14.2 Å². The molecule has 1 aliphatic rings. The smallest absolute Gasteiger partial charge is 0.338 e. The van der Waals surface area contributed by atoms with Crippen LogP contribution in [0.25, 0.3) is 0 Å². The highest BCUT2D eigenvalue weighted by atomic mass is 16.5. The van der Waals surface area contributed by atoms with Crippen LogP contribution in [0.2, 0.25) is 0 Å². The molecule has 0 atom stereocenters. The van der Waals surface area contributed by atoms with Crippen LogP contribution < -0.4 is 9.88 Å². The third kappa shape index (κ3) is 6.15. The van der Waals surface area contributed by atoms with E-state index in [0.29, 0.717) is 40.2 Å². The van der Waals surface area contributed by atoms with Crippen LogP contribution >= 0.6 is 0 Å². The van der Waals surface area contributed by atoms with E-state index in [2.05, 4.69) is 5.32 Å². The van der Waals surface area contributed by atoms with Gasteiger partial charge in [-0.1, -0.05) is 18.2 Å². The summed E-state index contributed by atoms with van der Waals surface area (Å²) in [4.78, 5) is 38.3. The molecule has 1 aromatic carbocycles. The summed E-state index contributed by atoms with van der Waals surface area (Å²) in [6.45, 7) is 8.15. The quantitative estimate of drug-likeness (QED) is 0.335. The van der Waals surface area contributed by atoms with Crippen molar-refractivity contribution in [1.29, 1.82) is 0 Å². The lowest BCUT2D eigenvalue weighted by Crippen LogP contribution is -2.35. The molecule has 3 rings (SSSR count). The van der Waals surface area contributed by atoms with Crippen LogP contribution in [0.1, 0.15) is 49.5 Å². The zero-order valence-electron chi connectivity index (χ0n) is 20.5. The Morgan fingerprint density at radius 2 is 1.34 bits per heavy atom. The Morgan fingerprint density at radius 1 is 0.800 bits per heavy atom. The van der Waals surface area contributed by atoms with E-state index in [9.17, 15) is 14.4 Å². The van der Waals surface area contributed by atoms with Gasteiger partial charge in [0, 0.05) is 23.5 Å². The number of hydrogen-bond acceptors (Lipinski definition) is 7. The van der Waals surface area contributed by atoms with Gasteiger partial charge in [0.1, 0.15) is 0 Å². The van der Waals surface area contributed by atoms with Gasteiger partial charge in [-0.25, -0.2) is 19.0 Å². The molecule has 0 unspecified atom stereocenters. The normalized spacial score (nSPS) is 13.8. The zero-order chi connectivity index (χ0) is 25.4. The SMILES string of the molecule is CCOC(=O)C1=C(C)NC(C)=C(C(=O)OCC)C1c1ccc(C(=O)OCC[n+]2ccccc2)cc1. The predicted octanol–water partition coefficient (Wildman–Crippen LogP) is 3.19. The van der Waals surface area contributed by atoms with Gasteiger partial charge < -0.3 is 19.5 Å². The molecule has 184 valence electrons. The van der Waals surface area contributed by atoms with Gasteiger partial charge >= 0.3 is 17.9 Å². The number of pyridine rings is 1. The van der Waals surface area contributed by atoms with E-state index < -0.39 is 23.8 Å². The molecule has 0 aliphatic carbocycles. The second kappa shape index (κ2) is 12.0. The third-order valence-electron chi connectivity index (χ3n) is 5.59. The maximum absolute atomic E-state index is 12.9. The maximum atomic E-state index is 12.9. The van der Waals surface area contributed by atoms with Crippen molar-refractivity contribution in [3.63, 3.8) is 0 Å². The third-order valence-corrected chi connectivity index (χ3v) is 5.59. The first kappa shape index (κ1) is 25.7. The molecule has 0 saturated heterocycles. The van der Waals surface area contributed by atoms with Gasteiger partial charge in [0.2, 0.25) is 0 Å². The second-order valence-corrected chi connectivity index (χ2v) is 7.95. The fraction of sp³-hybridized carbons (Fsp3) is 0.333.